The Morgan fingerprint density at radius 2 is 1.67 bits per heavy atom. The maximum absolute atomic E-state index is 13.0. The van der Waals surface area contributed by atoms with Gasteiger partial charge < -0.3 is 10.1 Å². The lowest BCUT2D eigenvalue weighted by atomic mass is 10.2. The molecule has 1 aliphatic heterocycles. The van der Waals surface area contributed by atoms with Crippen LogP contribution in [0.25, 0.3) is 0 Å². The molecule has 0 unspecified atom stereocenters. The number of ether oxygens (including phenoxy) is 1. The smallest absolute Gasteiger partial charge is 0.255 e. The van der Waals surface area contributed by atoms with Crippen LogP contribution in [0.3, 0.4) is 0 Å². The van der Waals surface area contributed by atoms with Crippen LogP contribution in [0.5, 0.6) is 5.75 Å². The fourth-order valence-electron chi connectivity index (χ4n) is 3.58. The number of nitrogens with one attached hydrogen (secondary N) is 2. The summed E-state index contributed by atoms with van der Waals surface area (Å²) < 4.78 is 60.2. The number of carbonyl (C=O) groups excluding carboxylic acids is 1. The number of rotatable bonds is 8. The largest absolute Gasteiger partial charge is 0.495 e. The standard InChI is InChI=1S/C22H29N3O6S2/c1-16(2)24-32(27,28)18-9-7-8-17(14-18)22(26)23-20-15-19(10-11-21(20)31-3)33(29,30)25-12-5-4-6-13-25/h7-11,14-16,24H,4-6,12-13H2,1-3H3,(H,23,26). The minimum Gasteiger partial charge on any atom is -0.495 e. The molecule has 11 heteroatoms. The maximum Gasteiger partial charge on any atom is 0.255 e. The number of anilines is 1. The number of nitrogens with zero attached hydrogens (tertiary/aromatic N) is 1. The van der Waals surface area contributed by atoms with Crippen molar-refractivity contribution in [3.8, 4) is 5.75 Å². The van der Waals surface area contributed by atoms with E-state index < -0.39 is 26.0 Å². The van der Waals surface area contributed by atoms with E-state index in [0.717, 1.165) is 19.3 Å². The summed E-state index contributed by atoms with van der Waals surface area (Å²) in [7, 11) is -6.08. The monoisotopic (exact) mass is 495 g/mol. The lowest BCUT2D eigenvalue weighted by molar-refractivity contribution is 0.102. The highest BCUT2D eigenvalue weighted by molar-refractivity contribution is 7.89. The van der Waals surface area contributed by atoms with Crippen LogP contribution in [-0.4, -0.2) is 53.3 Å². The molecule has 1 heterocycles. The van der Waals surface area contributed by atoms with E-state index in [2.05, 4.69) is 10.0 Å². The van der Waals surface area contributed by atoms with Gasteiger partial charge in [0, 0.05) is 24.7 Å². The Hall–Kier alpha value is -2.47. The van der Waals surface area contributed by atoms with Gasteiger partial charge in [0.05, 0.1) is 22.6 Å². The summed E-state index contributed by atoms with van der Waals surface area (Å²) in [5.41, 5.74) is 0.280. The Morgan fingerprint density at radius 3 is 2.30 bits per heavy atom. The first-order valence-electron chi connectivity index (χ1n) is 10.7. The number of piperidine rings is 1. The number of hydrogen-bond donors (Lipinski definition) is 2. The lowest BCUT2D eigenvalue weighted by Gasteiger charge is -2.26. The molecule has 0 spiro atoms. The second-order valence-corrected chi connectivity index (χ2v) is 11.7. The molecule has 2 aromatic rings. The molecule has 1 saturated heterocycles. The molecule has 9 nitrogen and oxygen atoms in total. The van der Waals surface area contributed by atoms with Crippen LogP contribution in [0.15, 0.2) is 52.3 Å². The van der Waals surface area contributed by atoms with Crippen molar-refractivity contribution >= 4 is 31.6 Å². The van der Waals surface area contributed by atoms with Crippen LogP contribution in [0, 0.1) is 0 Å². The summed E-state index contributed by atoms with van der Waals surface area (Å²) in [4.78, 5) is 12.9. The molecule has 0 saturated carbocycles. The Bertz CT molecular complexity index is 1220. The summed E-state index contributed by atoms with van der Waals surface area (Å²) in [5, 5.41) is 2.65. The van der Waals surface area contributed by atoms with Gasteiger partial charge >= 0.3 is 0 Å². The zero-order valence-corrected chi connectivity index (χ0v) is 20.5. The number of sulfonamides is 2. The van der Waals surface area contributed by atoms with E-state index in [4.69, 9.17) is 4.74 Å². The molecular formula is C22H29N3O6S2. The van der Waals surface area contributed by atoms with Gasteiger partial charge in [-0.3, -0.25) is 4.79 Å². The van der Waals surface area contributed by atoms with Gasteiger partial charge in [0.1, 0.15) is 5.75 Å². The molecule has 2 N–H and O–H groups in total. The first kappa shape index (κ1) is 25.2. The van der Waals surface area contributed by atoms with Gasteiger partial charge in [0.15, 0.2) is 0 Å². The third-order valence-electron chi connectivity index (χ3n) is 5.17. The normalized spacial score (nSPS) is 15.4. The molecule has 0 aromatic heterocycles. The van der Waals surface area contributed by atoms with Gasteiger partial charge in [0.25, 0.3) is 5.91 Å². The molecule has 1 amide bonds. The van der Waals surface area contributed by atoms with E-state index in [1.54, 1.807) is 13.8 Å². The second kappa shape index (κ2) is 10.2. The van der Waals surface area contributed by atoms with E-state index >= 15 is 0 Å². The highest BCUT2D eigenvalue weighted by atomic mass is 32.2. The van der Waals surface area contributed by atoms with Crippen molar-refractivity contribution in [3.05, 3.63) is 48.0 Å². The van der Waals surface area contributed by atoms with Crippen LogP contribution in [0.2, 0.25) is 0 Å². The summed E-state index contributed by atoms with van der Waals surface area (Å²) in [6.07, 6.45) is 2.62. The van der Waals surface area contributed by atoms with Gasteiger partial charge in [-0.25, -0.2) is 21.6 Å². The van der Waals surface area contributed by atoms with Crippen molar-refractivity contribution in [1.82, 2.24) is 9.03 Å². The van der Waals surface area contributed by atoms with E-state index in [9.17, 15) is 21.6 Å². The van der Waals surface area contributed by atoms with Crippen molar-refractivity contribution < 1.29 is 26.4 Å². The first-order valence-corrected chi connectivity index (χ1v) is 13.6. The van der Waals surface area contributed by atoms with Crippen LogP contribution in [0.4, 0.5) is 5.69 Å². The van der Waals surface area contributed by atoms with Gasteiger partial charge in [-0.1, -0.05) is 12.5 Å². The molecule has 0 atom stereocenters. The van der Waals surface area contributed by atoms with Crippen LogP contribution in [0.1, 0.15) is 43.5 Å². The van der Waals surface area contributed by atoms with Crippen molar-refractivity contribution in [2.24, 2.45) is 0 Å². The molecule has 0 radical (unpaired) electrons. The van der Waals surface area contributed by atoms with Crippen molar-refractivity contribution in [1.29, 1.82) is 0 Å². The molecule has 180 valence electrons. The maximum atomic E-state index is 13.0. The summed E-state index contributed by atoms with van der Waals surface area (Å²) in [6, 6.07) is 9.60. The summed E-state index contributed by atoms with van der Waals surface area (Å²) in [6.45, 7) is 4.32. The Balaban J connectivity index is 1.89. The predicted octanol–water partition coefficient (Wildman–Crippen LogP) is 2.81. The molecular weight excluding hydrogens is 466 g/mol. The number of carbonyl (C=O) groups is 1. The van der Waals surface area contributed by atoms with Crippen LogP contribution in [-0.2, 0) is 20.0 Å². The van der Waals surface area contributed by atoms with Crippen LogP contribution < -0.4 is 14.8 Å². The van der Waals surface area contributed by atoms with Gasteiger partial charge in [-0.05, 0) is 63.1 Å². The average Bonchev–Trinajstić information content (AvgIpc) is 2.79. The predicted molar refractivity (Wildman–Crippen MR) is 125 cm³/mol. The third-order valence-corrected chi connectivity index (χ3v) is 8.72. The Labute approximate surface area is 195 Å². The quantitative estimate of drug-likeness (QED) is 0.581. The molecule has 0 aliphatic carbocycles. The Morgan fingerprint density at radius 1 is 0.970 bits per heavy atom. The third kappa shape index (κ3) is 5.91. The van der Waals surface area contributed by atoms with E-state index in [0.29, 0.717) is 13.1 Å². The zero-order chi connectivity index (χ0) is 24.2. The molecule has 33 heavy (non-hydrogen) atoms. The highest BCUT2D eigenvalue weighted by Crippen LogP contribution is 2.30. The summed E-state index contributed by atoms with van der Waals surface area (Å²) in [5.74, 6) is -0.311. The van der Waals surface area contributed by atoms with Crippen molar-refractivity contribution in [3.63, 3.8) is 0 Å². The van der Waals surface area contributed by atoms with E-state index in [1.807, 2.05) is 0 Å². The molecule has 1 aliphatic rings. The Kier molecular flexibility index (Phi) is 7.78. The van der Waals surface area contributed by atoms with Gasteiger partial charge in [-0.2, -0.15) is 4.31 Å². The van der Waals surface area contributed by atoms with Crippen molar-refractivity contribution in [2.75, 3.05) is 25.5 Å². The second-order valence-electron chi connectivity index (χ2n) is 8.08. The number of benzene rings is 2. The average molecular weight is 496 g/mol. The number of hydrogen-bond acceptors (Lipinski definition) is 6. The minimum absolute atomic E-state index is 0.0442. The van der Waals surface area contributed by atoms with Gasteiger partial charge in [-0.15, -0.1) is 0 Å². The molecule has 2 aromatic carbocycles. The molecule has 3 rings (SSSR count). The molecule has 1 fully saturated rings. The van der Waals surface area contributed by atoms with E-state index in [1.165, 1.54) is 53.9 Å². The molecule has 0 bridgehead atoms. The summed E-state index contributed by atoms with van der Waals surface area (Å²) >= 11 is 0. The number of amides is 1. The van der Waals surface area contributed by atoms with E-state index in [-0.39, 0.29) is 32.8 Å². The first-order chi connectivity index (χ1) is 15.5. The van der Waals surface area contributed by atoms with Gasteiger partial charge in [0.2, 0.25) is 20.0 Å². The SMILES string of the molecule is COc1ccc(S(=O)(=O)N2CCCCC2)cc1NC(=O)c1cccc(S(=O)(=O)NC(C)C)c1. The topological polar surface area (TPSA) is 122 Å². The van der Waals surface area contributed by atoms with Crippen LogP contribution >= 0.6 is 0 Å². The fraction of sp³-hybridized carbons (Fsp3) is 0.409. The van der Waals surface area contributed by atoms with Crippen molar-refractivity contribution in [2.45, 2.75) is 48.9 Å². The highest BCUT2D eigenvalue weighted by Gasteiger charge is 2.27. The number of methoxy groups -OCH3 is 1. The zero-order valence-electron chi connectivity index (χ0n) is 18.9. The fourth-order valence-corrected chi connectivity index (χ4v) is 6.42. The minimum atomic E-state index is -3.78. The lowest BCUT2D eigenvalue weighted by Crippen LogP contribution is -2.35.